The van der Waals surface area contributed by atoms with E-state index < -0.39 is 5.97 Å². The predicted molar refractivity (Wildman–Crippen MR) is 75.6 cm³/mol. The molecule has 0 radical (unpaired) electrons. The highest BCUT2D eigenvalue weighted by Crippen LogP contribution is 2.04. The van der Waals surface area contributed by atoms with Gasteiger partial charge in [0.25, 0.3) is 0 Å². The molecule has 0 aromatic rings. The van der Waals surface area contributed by atoms with Gasteiger partial charge in [0.1, 0.15) is 0 Å². The van der Waals surface area contributed by atoms with Crippen LogP contribution in [0.3, 0.4) is 0 Å². The normalized spacial score (nSPS) is 16.1. The Balaban J connectivity index is 2.38. The van der Waals surface area contributed by atoms with E-state index in [4.69, 9.17) is 9.84 Å². The summed E-state index contributed by atoms with van der Waals surface area (Å²) in [6.45, 7) is 6.99. The molecule has 6 nitrogen and oxygen atoms in total. The minimum Gasteiger partial charge on any atom is -0.481 e. The number of carbonyl (C=O) groups excluding carboxylic acids is 1. The first-order chi connectivity index (χ1) is 9.63. The van der Waals surface area contributed by atoms with Gasteiger partial charge in [0, 0.05) is 39.1 Å². The summed E-state index contributed by atoms with van der Waals surface area (Å²) in [5.74, 6) is -0.786. The van der Waals surface area contributed by atoms with Gasteiger partial charge in [-0.05, 0) is 6.42 Å². The second kappa shape index (κ2) is 9.72. The number of amides is 1. The summed E-state index contributed by atoms with van der Waals surface area (Å²) >= 11 is 0. The van der Waals surface area contributed by atoms with Crippen LogP contribution in [-0.4, -0.2) is 72.7 Å². The van der Waals surface area contributed by atoms with Crippen molar-refractivity contribution in [2.45, 2.75) is 32.6 Å². The zero-order valence-corrected chi connectivity index (χ0v) is 12.3. The Hall–Kier alpha value is -1.14. The molecule has 1 saturated heterocycles. The van der Waals surface area contributed by atoms with E-state index in [9.17, 15) is 9.59 Å². The largest absolute Gasteiger partial charge is 0.481 e. The van der Waals surface area contributed by atoms with Crippen LogP contribution in [0.15, 0.2) is 0 Å². The number of morpholine rings is 1. The fourth-order valence-corrected chi connectivity index (χ4v) is 2.16. The van der Waals surface area contributed by atoms with Crippen molar-refractivity contribution in [3.63, 3.8) is 0 Å². The molecule has 0 unspecified atom stereocenters. The molecule has 0 bridgehead atoms. The molecule has 1 amide bonds. The van der Waals surface area contributed by atoms with Crippen LogP contribution in [0.1, 0.15) is 32.6 Å². The number of rotatable bonds is 9. The van der Waals surface area contributed by atoms with E-state index in [1.807, 2.05) is 6.92 Å². The van der Waals surface area contributed by atoms with Gasteiger partial charge >= 0.3 is 5.97 Å². The van der Waals surface area contributed by atoms with Crippen LogP contribution in [0, 0.1) is 0 Å². The van der Waals surface area contributed by atoms with Crippen molar-refractivity contribution < 1.29 is 19.4 Å². The van der Waals surface area contributed by atoms with Crippen molar-refractivity contribution in [3.8, 4) is 0 Å². The number of carboxylic acids is 1. The maximum absolute atomic E-state index is 12.1. The summed E-state index contributed by atoms with van der Waals surface area (Å²) in [5, 5.41) is 8.77. The minimum atomic E-state index is -0.857. The first kappa shape index (κ1) is 16.9. The lowest BCUT2D eigenvalue weighted by atomic mass is 10.2. The lowest BCUT2D eigenvalue weighted by Crippen LogP contribution is -2.43. The summed E-state index contributed by atoms with van der Waals surface area (Å²) in [6.07, 6.45) is 2.36. The van der Waals surface area contributed by atoms with Crippen LogP contribution in [0.4, 0.5) is 0 Å². The predicted octanol–water partition coefficient (Wildman–Crippen LogP) is 0.812. The van der Waals surface area contributed by atoms with Gasteiger partial charge in [0.15, 0.2) is 0 Å². The molecule has 1 rings (SSSR count). The van der Waals surface area contributed by atoms with E-state index in [-0.39, 0.29) is 12.3 Å². The van der Waals surface area contributed by atoms with Crippen LogP contribution < -0.4 is 0 Å². The van der Waals surface area contributed by atoms with Crippen molar-refractivity contribution in [1.29, 1.82) is 0 Å². The van der Waals surface area contributed by atoms with Crippen molar-refractivity contribution in [3.05, 3.63) is 0 Å². The molecule has 116 valence electrons. The molecule has 0 spiro atoms. The SMILES string of the molecule is CCCCC(=O)N(CCC(=O)O)CCN1CCOCC1. The highest BCUT2D eigenvalue weighted by molar-refractivity contribution is 5.77. The van der Waals surface area contributed by atoms with Crippen LogP contribution in [0.25, 0.3) is 0 Å². The molecular weight excluding hydrogens is 260 g/mol. The third-order valence-corrected chi connectivity index (χ3v) is 3.48. The molecule has 20 heavy (non-hydrogen) atoms. The van der Waals surface area contributed by atoms with E-state index >= 15 is 0 Å². The molecule has 0 saturated carbocycles. The van der Waals surface area contributed by atoms with E-state index in [0.717, 1.165) is 45.7 Å². The molecule has 1 aliphatic rings. The van der Waals surface area contributed by atoms with Gasteiger partial charge in [-0.15, -0.1) is 0 Å². The van der Waals surface area contributed by atoms with Gasteiger partial charge in [-0.2, -0.15) is 0 Å². The highest BCUT2D eigenvalue weighted by Gasteiger charge is 2.17. The van der Waals surface area contributed by atoms with Crippen LogP contribution >= 0.6 is 0 Å². The highest BCUT2D eigenvalue weighted by atomic mass is 16.5. The quantitative estimate of drug-likeness (QED) is 0.679. The lowest BCUT2D eigenvalue weighted by molar-refractivity contribution is -0.138. The average molecular weight is 286 g/mol. The number of ether oxygens (including phenoxy) is 1. The zero-order valence-electron chi connectivity index (χ0n) is 12.3. The number of hydrogen-bond donors (Lipinski definition) is 1. The molecule has 0 aromatic carbocycles. The molecule has 6 heteroatoms. The van der Waals surface area contributed by atoms with Gasteiger partial charge in [-0.3, -0.25) is 14.5 Å². The molecule has 0 atom stereocenters. The number of carbonyl (C=O) groups is 2. The van der Waals surface area contributed by atoms with Crippen molar-refractivity contribution in [1.82, 2.24) is 9.80 Å². The first-order valence-electron chi connectivity index (χ1n) is 7.43. The van der Waals surface area contributed by atoms with Crippen LogP contribution in [0.2, 0.25) is 0 Å². The number of hydrogen-bond acceptors (Lipinski definition) is 4. The first-order valence-corrected chi connectivity index (χ1v) is 7.43. The molecular formula is C14H26N2O4. The summed E-state index contributed by atoms with van der Waals surface area (Å²) < 4.78 is 5.29. The van der Waals surface area contributed by atoms with Crippen LogP contribution in [0.5, 0.6) is 0 Å². The van der Waals surface area contributed by atoms with Gasteiger partial charge in [-0.1, -0.05) is 13.3 Å². The maximum atomic E-state index is 12.1. The Morgan fingerprint density at radius 1 is 1.20 bits per heavy atom. The zero-order chi connectivity index (χ0) is 14.8. The second-order valence-electron chi connectivity index (χ2n) is 5.08. The molecule has 1 heterocycles. The molecule has 1 fully saturated rings. The fourth-order valence-electron chi connectivity index (χ4n) is 2.16. The summed E-state index contributed by atoms with van der Waals surface area (Å²) in [7, 11) is 0. The molecule has 1 aliphatic heterocycles. The van der Waals surface area contributed by atoms with E-state index in [1.165, 1.54) is 0 Å². The standard InChI is InChI=1S/C14H26N2O4/c1-2-3-4-13(17)16(6-5-14(18)19)8-7-15-9-11-20-12-10-15/h2-12H2,1H3,(H,18,19). The van der Waals surface area contributed by atoms with Crippen molar-refractivity contribution in [2.24, 2.45) is 0 Å². The molecule has 0 aliphatic carbocycles. The second-order valence-corrected chi connectivity index (χ2v) is 5.08. The Morgan fingerprint density at radius 2 is 1.90 bits per heavy atom. The van der Waals surface area contributed by atoms with Crippen LogP contribution in [-0.2, 0) is 14.3 Å². The van der Waals surface area contributed by atoms with Crippen molar-refractivity contribution in [2.75, 3.05) is 45.9 Å². The topological polar surface area (TPSA) is 70.1 Å². The monoisotopic (exact) mass is 286 g/mol. The number of nitrogens with zero attached hydrogens (tertiary/aromatic N) is 2. The van der Waals surface area contributed by atoms with E-state index in [0.29, 0.717) is 19.5 Å². The third kappa shape index (κ3) is 6.86. The summed E-state index contributed by atoms with van der Waals surface area (Å²) in [6, 6.07) is 0. The lowest BCUT2D eigenvalue weighted by Gasteiger charge is -2.30. The Kier molecular flexibility index (Phi) is 8.22. The van der Waals surface area contributed by atoms with Gasteiger partial charge in [0.2, 0.25) is 5.91 Å². The Labute approximate surface area is 120 Å². The summed E-state index contributed by atoms with van der Waals surface area (Å²) in [5.41, 5.74) is 0. The third-order valence-electron chi connectivity index (χ3n) is 3.48. The molecule has 0 aromatic heterocycles. The number of unbranched alkanes of at least 4 members (excludes halogenated alkanes) is 1. The number of carboxylic acid groups (broad SMARTS) is 1. The minimum absolute atomic E-state index is 0.0149. The fraction of sp³-hybridized carbons (Fsp3) is 0.857. The van der Waals surface area contributed by atoms with E-state index in [2.05, 4.69) is 4.90 Å². The Bertz CT molecular complexity index is 304. The van der Waals surface area contributed by atoms with Gasteiger partial charge in [0.05, 0.1) is 19.6 Å². The van der Waals surface area contributed by atoms with Gasteiger partial charge < -0.3 is 14.7 Å². The Morgan fingerprint density at radius 3 is 2.50 bits per heavy atom. The smallest absolute Gasteiger partial charge is 0.305 e. The number of aliphatic carboxylic acids is 1. The van der Waals surface area contributed by atoms with E-state index in [1.54, 1.807) is 4.90 Å². The molecule has 1 N–H and O–H groups in total. The summed E-state index contributed by atoms with van der Waals surface area (Å²) in [4.78, 5) is 26.7. The van der Waals surface area contributed by atoms with Crippen molar-refractivity contribution >= 4 is 11.9 Å². The maximum Gasteiger partial charge on any atom is 0.305 e. The average Bonchev–Trinajstić information content (AvgIpc) is 2.45. The van der Waals surface area contributed by atoms with Gasteiger partial charge in [-0.25, -0.2) is 0 Å².